The summed E-state index contributed by atoms with van der Waals surface area (Å²) in [4.78, 5) is 0. The second kappa shape index (κ2) is 2.75. The van der Waals surface area contributed by atoms with Gasteiger partial charge in [-0.2, -0.15) is 0 Å². The molecule has 0 amide bonds. The fourth-order valence-corrected chi connectivity index (χ4v) is 1.54. The van der Waals surface area contributed by atoms with Crippen molar-refractivity contribution in [1.82, 2.24) is 0 Å². The van der Waals surface area contributed by atoms with Crippen LogP contribution in [0.25, 0.3) is 11.0 Å². The number of fused-ring (bicyclic) bond motifs is 1. The third-order valence-electron chi connectivity index (χ3n) is 2.27. The van der Waals surface area contributed by atoms with E-state index in [1.54, 1.807) is 18.4 Å². The Labute approximate surface area is 82.1 Å². The van der Waals surface area contributed by atoms with Crippen molar-refractivity contribution in [1.29, 1.82) is 0 Å². The van der Waals surface area contributed by atoms with Gasteiger partial charge in [0.1, 0.15) is 11.3 Å². The predicted molar refractivity (Wildman–Crippen MR) is 55.1 cm³/mol. The first-order valence-corrected chi connectivity index (χ1v) is 4.48. The predicted octanol–water partition coefficient (Wildman–Crippen LogP) is 2.33. The summed E-state index contributed by atoms with van der Waals surface area (Å²) in [6, 6.07) is 5.19. The number of aromatic hydroxyl groups is 1. The Morgan fingerprint density at radius 1 is 1.36 bits per heavy atom. The van der Waals surface area contributed by atoms with Crippen molar-refractivity contribution in [2.75, 3.05) is 0 Å². The molecule has 2 aromatic rings. The average molecular weight is 191 g/mol. The summed E-state index contributed by atoms with van der Waals surface area (Å²) in [5.74, 6) is 0.213. The van der Waals surface area contributed by atoms with Gasteiger partial charge in [-0.15, -0.1) is 0 Å². The summed E-state index contributed by atoms with van der Waals surface area (Å²) in [5.41, 5.74) is 6.95. The first-order valence-electron chi connectivity index (χ1n) is 4.48. The van der Waals surface area contributed by atoms with Gasteiger partial charge in [0, 0.05) is 11.1 Å². The van der Waals surface area contributed by atoms with Crippen molar-refractivity contribution < 1.29 is 9.52 Å². The van der Waals surface area contributed by atoms with E-state index in [9.17, 15) is 5.11 Å². The minimum atomic E-state index is -0.510. The molecule has 0 atom stereocenters. The van der Waals surface area contributed by atoms with E-state index in [1.807, 2.05) is 19.9 Å². The molecule has 1 heterocycles. The lowest BCUT2D eigenvalue weighted by Crippen LogP contribution is -2.28. The quantitative estimate of drug-likeness (QED) is 0.727. The molecular weight excluding hydrogens is 178 g/mol. The zero-order valence-electron chi connectivity index (χ0n) is 8.24. The fourth-order valence-electron chi connectivity index (χ4n) is 1.54. The Kier molecular flexibility index (Phi) is 1.79. The average Bonchev–Trinajstić information content (AvgIpc) is 2.47. The molecule has 0 aliphatic heterocycles. The first kappa shape index (κ1) is 9.09. The number of phenols is 1. The molecule has 3 nitrogen and oxygen atoms in total. The van der Waals surface area contributed by atoms with Crippen LogP contribution in [0.1, 0.15) is 19.4 Å². The summed E-state index contributed by atoms with van der Waals surface area (Å²) in [6.45, 7) is 3.76. The Hall–Kier alpha value is -1.48. The minimum Gasteiger partial charge on any atom is -0.507 e. The number of hydrogen-bond acceptors (Lipinski definition) is 3. The number of rotatable bonds is 1. The number of hydrogen-bond donors (Lipinski definition) is 2. The van der Waals surface area contributed by atoms with E-state index >= 15 is 0 Å². The molecule has 0 aliphatic carbocycles. The maximum absolute atomic E-state index is 9.69. The molecule has 0 fully saturated rings. The lowest BCUT2D eigenvalue weighted by molar-refractivity contribution is 0.479. The third-order valence-corrected chi connectivity index (χ3v) is 2.27. The highest BCUT2D eigenvalue weighted by atomic mass is 16.3. The molecule has 74 valence electrons. The van der Waals surface area contributed by atoms with E-state index in [-0.39, 0.29) is 5.75 Å². The highest BCUT2D eigenvalue weighted by Crippen LogP contribution is 2.34. The Morgan fingerprint density at radius 2 is 2.07 bits per heavy atom. The van der Waals surface area contributed by atoms with E-state index in [0.717, 1.165) is 5.56 Å². The standard InChI is InChI=1S/C11H13NO2/c1-11(2,12)7-6-14-9-5-3-4-8(13)10(7)9/h3-6,13H,12H2,1-2H3. The van der Waals surface area contributed by atoms with Crippen molar-refractivity contribution in [2.45, 2.75) is 19.4 Å². The molecule has 0 unspecified atom stereocenters. The zero-order valence-corrected chi connectivity index (χ0v) is 8.24. The summed E-state index contributed by atoms with van der Waals surface area (Å²) >= 11 is 0. The highest BCUT2D eigenvalue weighted by Gasteiger charge is 2.21. The molecule has 0 bridgehead atoms. The SMILES string of the molecule is CC(C)(N)c1coc2cccc(O)c12. The lowest BCUT2D eigenvalue weighted by atomic mass is 9.95. The molecule has 1 aromatic carbocycles. The van der Waals surface area contributed by atoms with Gasteiger partial charge in [-0.25, -0.2) is 0 Å². The van der Waals surface area contributed by atoms with Crippen LogP contribution < -0.4 is 5.73 Å². The molecule has 0 aliphatic rings. The van der Waals surface area contributed by atoms with Crippen LogP contribution in [-0.2, 0) is 5.54 Å². The molecule has 3 N–H and O–H groups in total. The monoisotopic (exact) mass is 191 g/mol. The highest BCUT2D eigenvalue weighted by molar-refractivity contribution is 5.87. The van der Waals surface area contributed by atoms with Gasteiger partial charge in [0.25, 0.3) is 0 Å². The second-order valence-corrected chi connectivity index (χ2v) is 4.02. The molecule has 0 spiro atoms. The van der Waals surface area contributed by atoms with Gasteiger partial charge in [0.15, 0.2) is 0 Å². The van der Waals surface area contributed by atoms with Crippen molar-refractivity contribution >= 4 is 11.0 Å². The van der Waals surface area contributed by atoms with Gasteiger partial charge in [0.2, 0.25) is 0 Å². The van der Waals surface area contributed by atoms with Crippen molar-refractivity contribution in [3.63, 3.8) is 0 Å². The fraction of sp³-hybridized carbons (Fsp3) is 0.273. The summed E-state index contributed by atoms with van der Waals surface area (Å²) < 4.78 is 5.32. The maximum Gasteiger partial charge on any atom is 0.137 e. The van der Waals surface area contributed by atoms with Gasteiger partial charge in [-0.3, -0.25) is 0 Å². The molecule has 14 heavy (non-hydrogen) atoms. The number of phenolic OH excluding ortho intramolecular Hbond substituents is 1. The van der Waals surface area contributed by atoms with E-state index in [4.69, 9.17) is 10.2 Å². The van der Waals surface area contributed by atoms with Crippen molar-refractivity contribution in [3.05, 3.63) is 30.0 Å². The largest absolute Gasteiger partial charge is 0.507 e. The van der Waals surface area contributed by atoms with Crippen molar-refractivity contribution in [2.24, 2.45) is 5.73 Å². The van der Waals surface area contributed by atoms with Crippen molar-refractivity contribution in [3.8, 4) is 5.75 Å². The summed E-state index contributed by atoms with van der Waals surface area (Å²) in [6.07, 6.45) is 1.60. The van der Waals surface area contributed by atoms with Crippen LogP contribution in [0.2, 0.25) is 0 Å². The maximum atomic E-state index is 9.69. The van der Waals surface area contributed by atoms with Crippen LogP contribution in [-0.4, -0.2) is 5.11 Å². The second-order valence-electron chi connectivity index (χ2n) is 4.02. The number of furan rings is 1. The molecule has 2 rings (SSSR count). The summed E-state index contributed by atoms with van der Waals surface area (Å²) in [5, 5.41) is 10.4. The lowest BCUT2D eigenvalue weighted by Gasteiger charge is -2.16. The van der Waals surface area contributed by atoms with Crippen LogP contribution in [0.3, 0.4) is 0 Å². The zero-order chi connectivity index (χ0) is 10.3. The van der Waals surface area contributed by atoms with Crippen LogP contribution in [0.15, 0.2) is 28.9 Å². The van der Waals surface area contributed by atoms with E-state index < -0.39 is 5.54 Å². The smallest absolute Gasteiger partial charge is 0.137 e. The van der Waals surface area contributed by atoms with Crippen LogP contribution >= 0.6 is 0 Å². The molecule has 0 radical (unpaired) electrons. The third kappa shape index (κ3) is 1.26. The Morgan fingerprint density at radius 3 is 2.71 bits per heavy atom. The minimum absolute atomic E-state index is 0.213. The molecule has 0 saturated heterocycles. The molecule has 1 aromatic heterocycles. The van der Waals surface area contributed by atoms with E-state index in [0.29, 0.717) is 11.0 Å². The Balaban J connectivity index is 2.80. The topological polar surface area (TPSA) is 59.4 Å². The number of benzene rings is 1. The molecular formula is C11H13NO2. The first-order chi connectivity index (χ1) is 6.50. The molecule has 0 saturated carbocycles. The van der Waals surface area contributed by atoms with Gasteiger partial charge in [-0.1, -0.05) is 6.07 Å². The van der Waals surface area contributed by atoms with Gasteiger partial charge in [0.05, 0.1) is 11.6 Å². The normalized spacial score (nSPS) is 12.2. The van der Waals surface area contributed by atoms with Gasteiger partial charge >= 0.3 is 0 Å². The van der Waals surface area contributed by atoms with Gasteiger partial charge < -0.3 is 15.3 Å². The van der Waals surface area contributed by atoms with Crippen LogP contribution in [0, 0.1) is 0 Å². The molecule has 3 heteroatoms. The summed E-state index contributed by atoms with van der Waals surface area (Å²) in [7, 11) is 0. The van der Waals surface area contributed by atoms with Crippen LogP contribution in [0.5, 0.6) is 5.75 Å². The van der Waals surface area contributed by atoms with E-state index in [2.05, 4.69) is 0 Å². The Bertz CT molecular complexity index is 466. The van der Waals surface area contributed by atoms with Gasteiger partial charge in [-0.05, 0) is 26.0 Å². The number of nitrogens with two attached hydrogens (primary N) is 1. The van der Waals surface area contributed by atoms with E-state index in [1.165, 1.54) is 0 Å². The van der Waals surface area contributed by atoms with Crippen LogP contribution in [0.4, 0.5) is 0 Å².